The van der Waals surface area contributed by atoms with Crippen LogP contribution in [-0.4, -0.2) is 23.7 Å². The predicted octanol–water partition coefficient (Wildman–Crippen LogP) is 2.38. The number of ether oxygens (including phenoxy) is 1. The van der Waals surface area contributed by atoms with Gasteiger partial charge in [0.15, 0.2) is 0 Å². The summed E-state index contributed by atoms with van der Waals surface area (Å²) in [4.78, 5) is 10.6. The molecule has 0 fully saturated rings. The number of nitrogens with two attached hydrogens (primary N) is 1. The molecule has 0 saturated heterocycles. The van der Waals surface area contributed by atoms with Gasteiger partial charge in [-0.1, -0.05) is 32.0 Å². The summed E-state index contributed by atoms with van der Waals surface area (Å²) in [6.45, 7) is 4.59. The third-order valence-electron chi connectivity index (χ3n) is 3.07. The highest BCUT2D eigenvalue weighted by atomic mass is 16.5. The highest BCUT2D eigenvalue weighted by Crippen LogP contribution is 2.28. The van der Waals surface area contributed by atoms with E-state index in [4.69, 9.17) is 15.6 Å². The molecule has 0 aliphatic carbocycles. The van der Waals surface area contributed by atoms with Gasteiger partial charge in [-0.25, -0.2) is 0 Å². The van der Waals surface area contributed by atoms with Gasteiger partial charge in [-0.3, -0.25) is 4.79 Å². The smallest absolute Gasteiger partial charge is 0.320 e. The zero-order valence-corrected chi connectivity index (χ0v) is 10.9. The Kier molecular flexibility index (Phi) is 5.65. The molecule has 0 aromatic heterocycles. The second-order valence-electron chi connectivity index (χ2n) is 4.43. The second kappa shape index (κ2) is 7.01. The van der Waals surface area contributed by atoms with Crippen LogP contribution >= 0.6 is 0 Å². The van der Waals surface area contributed by atoms with Gasteiger partial charge in [0, 0.05) is 6.42 Å². The van der Waals surface area contributed by atoms with Crippen molar-refractivity contribution in [2.45, 2.75) is 38.6 Å². The van der Waals surface area contributed by atoms with E-state index >= 15 is 0 Å². The normalized spacial score (nSPS) is 13.9. The van der Waals surface area contributed by atoms with Crippen LogP contribution in [0.2, 0.25) is 0 Å². The van der Waals surface area contributed by atoms with Gasteiger partial charge in [0.05, 0.1) is 6.61 Å². The van der Waals surface area contributed by atoms with Crippen molar-refractivity contribution in [3.63, 3.8) is 0 Å². The van der Waals surface area contributed by atoms with Crippen molar-refractivity contribution in [3.05, 3.63) is 29.8 Å². The minimum atomic E-state index is -0.992. The molecule has 0 amide bonds. The zero-order chi connectivity index (χ0) is 13.5. The molecule has 0 radical (unpaired) electrons. The summed E-state index contributed by atoms with van der Waals surface area (Å²) < 4.78 is 5.64. The van der Waals surface area contributed by atoms with Crippen molar-refractivity contribution in [2.75, 3.05) is 6.61 Å². The van der Waals surface area contributed by atoms with Crippen molar-refractivity contribution in [1.82, 2.24) is 0 Å². The monoisotopic (exact) mass is 251 g/mol. The van der Waals surface area contributed by atoms with Crippen LogP contribution in [0.25, 0.3) is 0 Å². The minimum absolute atomic E-state index is 0.310. The molecule has 1 aromatic carbocycles. The van der Waals surface area contributed by atoms with E-state index in [1.54, 1.807) is 0 Å². The number of rotatable bonds is 7. The van der Waals surface area contributed by atoms with Crippen molar-refractivity contribution < 1.29 is 14.6 Å². The number of carboxylic acid groups (broad SMARTS) is 1. The van der Waals surface area contributed by atoms with E-state index < -0.39 is 12.0 Å². The summed E-state index contributed by atoms with van der Waals surface area (Å²) in [7, 11) is 0. The molecule has 0 spiro atoms. The van der Waals surface area contributed by atoms with Gasteiger partial charge in [-0.2, -0.15) is 0 Å². The molecule has 1 rings (SSSR count). The molecule has 2 atom stereocenters. The lowest BCUT2D eigenvalue weighted by Gasteiger charge is -2.16. The van der Waals surface area contributed by atoms with Crippen LogP contribution in [0.3, 0.4) is 0 Å². The Bertz CT molecular complexity index is 392. The van der Waals surface area contributed by atoms with Crippen LogP contribution in [-0.2, 0) is 4.79 Å². The van der Waals surface area contributed by atoms with Gasteiger partial charge >= 0.3 is 5.97 Å². The summed E-state index contributed by atoms with van der Waals surface area (Å²) >= 11 is 0. The third kappa shape index (κ3) is 4.04. The molecule has 4 heteroatoms. The molecule has 18 heavy (non-hydrogen) atoms. The maximum atomic E-state index is 10.6. The maximum absolute atomic E-state index is 10.6. The maximum Gasteiger partial charge on any atom is 0.320 e. The molecule has 0 aliphatic rings. The van der Waals surface area contributed by atoms with Crippen LogP contribution in [0.4, 0.5) is 0 Å². The Morgan fingerprint density at radius 2 is 2.11 bits per heavy atom. The number of carbonyl (C=O) groups is 1. The Morgan fingerprint density at radius 3 is 2.72 bits per heavy atom. The van der Waals surface area contributed by atoms with Crippen LogP contribution in [0.15, 0.2) is 24.3 Å². The molecule has 100 valence electrons. The molecule has 0 heterocycles. The van der Waals surface area contributed by atoms with Crippen molar-refractivity contribution in [2.24, 2.45) is 5.73 Å². The topological polar surface area (TPSA) is 72.5 Å². The van der Waals surface area contributed by atoms with E-state index in [2.05, 4.69) is 13.8 Å². The average Bonchev–Trinajstić information content (AvgIpc) is 2.38. The van der Waals surface area contributed by atoms with Crippen molar-refractivity contribution in [3.8, 4) is 5.75 Å². The summed E-state index contributed by atoms with van der Waals surface area (Å²) in [6.07, 6.45) is 1.35. The molecule has 0 saturated carbocycles. The van der Waals surface area contributed by atoms with Gasteiger partial charge < -0.3 is 15.6 Å². The quantitative estimate of drug-likeness (QED) is 0.780. The van der Waals surface area contributed by atoms with E-state index in [-0.39, 0.29) is 0 Å². The summed E-state index contributed by atoms with van der Waals surface area (Å²) in [5.41, 5.74) is 6.58. The minimum Gasteiger partial charge on any atom is -0.493 e. The largest absolute Gasteiger partial charge is 0.493 e. The number of hydrogen-bond acceptors (Lipinski definition) is 3. The Morgan fingerprint density at radius 1 is 1.44 bits per heavy atom. The van der Waals surface area contributed by atoms with E-state index in [1.165, 1.54) is 0 Å². The molecule has 4 nitrogen and oxygen atoms in total. The van der Waals surface area contributed by atoms with Crippen LogP contribution in [0, 0.1) is 0 Å². The number of para-hydroxylation sites is 1. The number of aliphatic carboxylic acids is 1. The Labute approximate surface area is 108 Å². The first-order chi connectivity index (χ1) is 8.56. The summed E-state index contributed by atoms with van der Waals surface area (Å²) in [5.74, 6) is 0.257. The Hall–Kier alpha value is -1.55. The zero-order valence-electron chi connectivity index (χ0n) is 10.9. The standard InChI is InChI=1S/C14H21NO3/c1-3-10(2)11-6-4-5-7-13(11)18-9-8-12(15)14(16)17/h4-7,10,12H,3,8-9,15H2,1-2H3,(H,16,17). The number of benzene rings is 1. The van der Waals surface area contributed by atoms with E-state index in [1.807, 2.05) is 24.3 Å². The first-order valence-corrected chi connectivity index (χ1v) is 6.26. The fourth-order valence-corrected chi connectivity index (χ4v) is 1.66. The summed E-state index contributed by atoms with van der Waals surface area (Å²) in [5, 5.41) is 8.68. The van der Waals surface area contributed by atoms with Crippen molar-refractivity contribution >= 4 is 5.97 Å². The average molecular weight is 251 g/mol. The highest BCUT2D eigenvalue weighted by molar-refractivity contribution is 5.72. The Balaban J connectivity index is 2.59. The fourth-order valence-electron chi connectivity index (χ4n) is 1.66. The lowest BCUT2D eigenvalue weighted by atomic mass is 9.98. The number of carboxylic acids is 1. The van der Waals surface area contributed by atoms with Gasteiger partial charge in [0.1, 0.15) is 11.8 Å². The van der Waals surface area contributed by atoms with Gasteiger partial charge in [-0.15, -0.1) is 0 Å². The summed E-state index contributed by atoms with van der Waals surface area (Å²) in [6, 6.07) is 6.99. The lowest BCUT2D eigenvalue weighted by Crippen LogP contribution is -2.31. The van der Waals surface area contributed by atoms with E-state index in [0.29, 0.717) is 18.9 Å². The van der Waals surface area contributed by atoms with Gasteiger partial charge in [0.25, 0.3) is 0 Å². The highest BCUT2D eigenvalue weighted by Gasteiger charge is 2.13. The molecule has 0 aliphatic heterocycles. The first kappa shape index (κ1) is 14.5. The molecular weight excluding hydrogens is 230 g/mol. The van der Waals surface area contributed by atoms with Crippen LogP contribution in [0.1, 0.15) is 38.2 Å². The van der Waals surface area contributed by atoms with Gasteiger partial charge in [0.2, 0.25) is 0 Å². The second-order valence-corrected chi connectivity index (χ2v) is 4.43. The fraction of sp³-hybridized carbons (Fsp3) is 0.500. The molecular formula is C14H21NO3. The molecule has 2 unspecified atom stereocenters. The van der Waals surface area contributed by atoms with Crippen LogP contribution < -0.4 is 10.5 Å². The SMILES string of the molecule is CCC(C)c1ccccc1OCCC(N)C(=O)O. The molecule has 1 aromatic rings. The van der Waals surface area contributed by atoms with Gasteiger partial charge in [-0.05, 0) is 24.0 Å². The first-order valence-electron chi connectivity index (χ1n) is 6.26. The van der Waals surface area contributed by atoms with Crippen molar-refractivity contribution in [1.29, 1.82) is 0 Å². The molecule has 3 N–H and O–H groups in total. The lowest BCUT2D eigenvalue weighted by molar-refractivity contribution is -0.138. The van der Waals surface area contributed by atoms with E-state index in [9.17, 15) is 4.79 Å². The third-order valence-corrected chi connectivity index (χ3v) is 3.07. The van der Waals surface area contributed by atoms with E-state index in [0.717, 1.165) is 17.7 Å². The predicted molar refractivity (Wildman–Crippen MR) is 70.9 cm³/mol. The molecule has 0 bridgehead atoms. The number of hydrogen-bond donors (Lipinski definition) is 2. The van der Waals surface area contributed by atoms with Crippen LogP contribution in [0.5, 0.6) is 5.75 Å².